The predicted molar refractivity (Wildman–Crippen MR) is 123 cm³/mol. The normalized spacial score (nSPS) is 15.9. The lowest BCUT2D eigenvalue weighted by Crippen LogP contribution is -2.45. The number of alkyl carbamates (subject to hydrolysis) is 1. The molecule has 1 saturated heterocycles. The Hall–Kier alpha value is -2.15. The summed E-state index contributed by atoms with van der Waals surface area (Å²) < 4.78 is 16.0. The Labute approximate surface area is 185 Å². The average molecular weight is 429 g/mol. The van der Waals surface area contributed by atoms with E-state index in [1.54, 1.807) is 7.11 Å². The third-order valence-corrected chi connectivity index (χ3v) is 5.38. The molecule has 0 spiro atoms. The summed E-state index contributed by atoms with van der Waals surface area (Å²) in [4.78, 5) is 14.4. The molecular formula is C25H36N2O4. The molecule has 0 bridgehead atoms. The molecule has 1 amide bonds. The third kappa shape index (κ3) is 7.80. The summed E-state index contributed by atoms with van der Waals surface area (Å²) in [7, 11) is 1.68. The Morgan fingerprint density at radius 1 is 1.03 bits per heavy atom. The Morgan fingerprint density at radius 3 is 2.39 bits per heavy atom. The molecule has 1 aliphatic heterocycles. The number of methoxy groups -OCH3 is 1. The molecule has 2 aromatic carbocycles. The number of hydrogen-bond donors (Lipinski definition) is 1. The van der Waals surface area contributed by atoms with Crippen molar-refractivity contribution in [1.82, 2.24) is 10.2 Å². The lowest BCUT2D eigenvalue weighted by molar-refractivity contribution is 0.0477. The number of ether oxygens (including phenoxy) is 3. The highest BCUT2D eigenvalue weighted by Crippen LogP contribution is 2.21. The monoisotopic (exact) mass is 428 g/mol. The number of amides is 1. The van der Waals surface area contributed by atoms with Crippen LogP contribution in [-0.2, 0) is 27.4 Å². The number of fused-ring (bicyclic) bond motifs is 1. The quantitative estimate of drug-likeness (QED) is 0.628. The van der Waals surface area contributed by atoms with Crippen LogP contribution in [-0.4, -0.2) is 56.0 Å². The van der Waals surface area contributed by atoms with Crippen LogP contribution in [0.2, 0.25) is 0 Å². The zero-order chi connectivity index (χ0) is 22.3. The second-order valence-electron chi connectivity index (χ2n) is 9.26. The first-order valence-electron chi connectivity index (χ1n) is 11.1. The third-order valence-electron chi connectivity index (χ3n) is 5.38. The number of hydrogen-bond acceptors (Lipinski definition) is 5. The van der Waals surface area contributed by atoms with Crippen molar-refractivity contribution in [3.05, 3.63) is 47.5 Å². The molecule has 1 fully saturated rings. The topological polar surface area (TPSA) is 60.0 Å². The van der Waals surface area contributed by atoms with Gasteiger partial charge in [-0.2, -0.15) is 0 Å². The molecule has 1 heterocycles. The standard InChI is InChI=1S/C25H36N2O4/c1-25(2,3)31-24(28)26-23-9-11-27(12-10-23)17-19-5-7-21-8-6-20(16-22(21)15-19)18-30-14-13-29-4/h5-8,15-16,23H,9-14,17-18H2,1-4H3,(H,26,28). The van der Waals surface area contributed by atoms with Crippen LogP contribution in [0, 0.1) is 0 Å². The van der Waals surface area contributed by atoms with E-state index >= 15 is 0 Å². The molecule has 6 heteroatoms. The zero-order valence-electron chi connectivity index (χ0n) is 19.3. The molecule has 2 aromatic rings. The molecule has 0 atom stereocenters. The van der Waals surface area contributed by atoms with Crippen molar-refractivity contribution in [1.29, 1.82) is 0 Å². The number of piperidine rings is 1. The van der Waals surface area contributed by atoms with Crippen molar-refractivity contribution in [3.8, 4) is 0 Å². The van der Waals surface area contributed by atoms with Crippen LogP contribution in [0.4, 0.5) is 4.79 Å². The zero-order valence-corrected chi connectivity index (χ0v) is 19.3. The summed E-state index contributed by atoms with van der Waals surface area (Å²) in [5.74, 6) is 0. The highest BCUT2D eigenvalue weighted by Gasteiger charge is 2.23. The molecule has 1 aliphatic rings. The Morgan fingerprint density at radius 2 is 1.71 bits per heavy atom. The van der Waals surface area contributed by atoms with Crippen LogP contribution in [0.25, 0.3) is 10.8 Å². The first-order chi connectivity index (χ1) is 14.8. The summed E-state index contributed by atoms with van der Waals surface area (Å²) >= 11 is 0. The van der Waals surface area contributed by atoms with Crippen molar-refractivity contribution in [2.45, 2.75) is 58.4 Å². The summed E-state index contributed by atoms with van der Waals surface area (Å²) in [6, 6.07) is 13.4. The Bertz CT molecular complexity index is 854. The number of rotatable bonds is 8. The van der Waals surface area contributed by atoms with Gasteiger partial charge in [-0.15, -0.1) is 0 Å². The van der Waals surface area contributed by atoms with Gasteiger partial charge in [0.05, 0.1) is 19.8 Å². The van der Waals surface area contributed by atoms with Crippen LogP contribution >= 0.6 is 0 Å². The molecule has 3 rings (SSSR count). The highest BCUT2D eigenvalue weighted by atomic mass is 16.6. The first-order valence-corrected chi connectivity index (χ1v) is 11.1. The molecular weight excluding hydrogens is 392 g/mol. The number of carbonyl (C=O) groups excluding carboxylic acids is 1. The smallest absolute Gasteiger partial charge is 0.407 e. The second kappa shape index (κ2) is 10.9. The van der Waals surface area contributed by atoms with E-state index in [0.717, 1.165) is 32.5 Å². The van der Waals surface area contributed by atoms with E-state index in [4.69, 9.17) is 14.2 Å². The number of nitrogens with zero attached hydrogens (tertiary/aromatic N) is 1. The van der Waals surface area contributed by atoms with Gasteiger partial charge in [0.2, 0.25) is 0 Å². The minimum atomic E-state index is -0.462. The Kier molecular flexibility index (Phi) is 8.29. The van der Waals surface area contributed by atoms with Gasteiger partial charge in [-0.25, -0.2) is 4.79 Å². The van der Waals surface area contributed by atoms with E-state index in [2.05, 4.69) is 46.6 Å². The van der Waals surface area contributed by atoms with E-state index in [-0.39, 0.29) is 12.1 Å². The fourth-order valence-electron chi connectivity index (χ4n) is 3.83. The summed E-state index contributed by atoms with van der Waals surface area (Å²) in [5.41, 5.74) is 2.02. The molecule has 170 valence electrons. The van der Waals surface area contributed by atoms with Gasteiger partial charge in [0.1, 0.15) is 5.60 Å². The highest BCUT2D eigenvalue weighted by molar-refractivity contribution is 5.83. The summed E-state index contributed by atoms with van der Waals surface area (Å²) in [6.07, 6.45) is 1.56. The fourth-order valence-corrected chi connectivity index (χ4v) is 3.83. The average Bonchev–Trinajstić information content (AvgIpc) is 2.71. The van der Waals surface area contributed by atoms with Gasteiger partial charge in [-0.05, 0) is 67.6 Å². The van der Waals surface area contributed by atoms with Crippen LogP contribution < -0.4 is 5.32 Å². The lowest BCUT2D eigenvalue weighted by Gasteiger charge is -2.32. The minimum Gasteiger partial charge on any atom is -0.444 e. The van der Waals surface area contributed by atoms with Crippen molar-refractivity contribution < 1.29 is 19.0 Å². The maximum atomic E-state index is 12.0. The fraction of sp³-hybridized carbons (Fsp3) is 0.560. The maximum Gasteiger partial charge on any atom is 0.407 e. The lowest BCUT2D eigenvalue weighted by atomic mass is 10.0. The van der Waals surface area contributed by atoms with Crippen molar-refractivity contribution in [2.75, 3.05) is 33.4 Å². The number of carbonyl (C=O) groups is 1. The molecule has 0 aliphatic carbocycles. The molecule has 6 nitrogen and oxygen atoms in total. The number of nitrogens with one attached hydrogen (secondary N) is 1. The molecule has 0 unspecified atom stereocenters. The van der Waals surface area contributed by atoms with Crippen molar-refractivity contribution in [2.24, 2.45) is 0 Å². The number of likely N-dealkylation sites (tertiary alicyclic amines) is 1. The molecule has 0 saturated carbocycles. The number of benzene rings is 2. The van der Waals surface area contributed by atoms with Gasteiger partial charge < -0.3 is 19.5 Å². The summed E-state index contributed by atoms with van der Waals surface area (Å²) in [6.45, 7) is 10.3. The van der Waals surface area contributed by atoms with Crippen LogP contribution in [0.5, 0.6) is 0 Å². The second-order valence-corrected chi connectivity index (χ2v) is 9.26. The summed E-state index contributed by atoms with van der Waals surface area (Å²) in [5, 5.41) is 5.49. The minimum absolute atomic E-state index is 0.184. The van der Waals surface area contributed by atoms with E-state index in [1.165, 1.54) is 21.9 Å². The van der Waals surface area contributed by atoms with E-state index in [0.29, 0.717) is 19.8 Å². The molecule has 1 N–H and O–H groups in total. The molecule has 0 radical (unpaired) electrons. The van der Waals surface area contributed by atoms with Gasteiger partial charge >= 0.3 is 6.09 Å². The van der Waals surface area contributed by atoms with Crippen LogP contribution in [0.1, 0.15) is 44.7 Å². The Balaban J connectivity index is 1.50. The van der Waals surface area contributed by atoms with Gasteiger partial charge in [0.25, 0.3) is 0 Å². The van der Waals surface area contributed by atoms with Crippen molar-refractivity contribution >= 4 is 16.9 Å². The maximum absolute atomic E-state index is 12.0. The van der Waals surface area contributed by atoms with Gasteiger partial charge in [0.15, 0.2) is 0 Å². The SMILES string of the molecule is COCCOCc1ccc2ccc(CN3CCC(NC(=O)OC(C)(C)C)CC3)cc2c1. The van der Waals surface area contributed by atoms with E-state index in [9.17, 15) is 4.79 Å². The molecule has 0 aromatic heterocycles. The van der Waals surface area contributed by atoms with Gasteiger partial charge in [0, 0.05) is 32.8 Å². The first kappa shape index (κ1) is 23.5. The van der Waals surface area contributed by atoms with Crippen LogP contribution in [0.3, 0.4) is 0 Å². The van der Waals surface area contributed by atoms with Crippen LogP contribution in [0.15, 0.2) is 36.4 Å². The van der Waals surface area contributed by atoms with Crippen molar-refractivity contribution in [3.63, 3.8) is 0 Å². The van der Waals surface area contributed by atoms with Gasteiger partial charge in [-0.3, -0.25) is 4.90 Å². The predicted octanol–water partition coefficient (Wildman–Crippen LogP) is 4.49. The van der Waals surface area contributed by atoms with E-state index < -0.39 is 5.60 Å². The largest absolute Gasteiger partial charge is 0.444 e. The van der Waals surface area contributed by atoms with Gasteiger partial charge in [-0.1, -0.05) is 24.3 Å². The molecule has 31 heavy (non-hydrogen) atoms. The van der Waals surface area contributed by atoms with E-state index in [1.807, 2.05) is 20.8 Å².